The molecule has 0 aliphatic rings. The number of amidine groups is 1. The van der Waals surface area contributed by atoms with Gasteiger partial charge in [-0.25, -0.2) is 4.39 Å². The number of benzene rings is 1. The minimum Gasteiger partial charge on any atom is -0.409 e. The van der Waals surface area contributed by atoms with Crippen LogP contribution in [0.5, 0.6) is 0 Å². The Morgan fingerprint density at radius 2 is 2.38 bits per heavy atom. The van der Waals surface area contributed by atoms with Gasteiger partial charge >= 0.3 is 0 Å². The van der Waals surface area contributed by atoms with E-state index in [9.17, 15) is 4.39 Å². The standard InChI is InChI=1S/C9H8FN3O3/c10-5-1-2-8-6(3-5)7(13-16-8)4-9(11-14)12-15/h1-3,14-15H,4H2,(H,11,12). The molecule has 1 heterocycles. The number of hydroxylamine groups is 1. The lowest BCUT2D eigenvalue weighted by Crippen LogP contribution is -2.21. The predicted octanol–water partition coefficient (Wildman–Crippen LogP) is 1.28. The number of aromatic nitrogens is 1. The van der Waals surface area contributed by atoms with E-state index in [-0.39, 0.29) is 12.3 Å². The zero-order valence-corrected chi connectivity index (χ0v) is 8.01. The summed E-state index contributed by atoms with van der Waals surface area (Å²) in [6.07, 6.45) is 0.00343. The van der Waals surface area contributed by atoms with Crippen molar-refractivity contribution in [1.82, 2.24) is 10.6 Å². The first kappa shape index (κ1) is 10.4. The van der Waals surface area contributed by atoms with Crippen molar-refractivity contribution in [2.45, 2.75) is 6.42 Å². The fourth-order valence-electron chi connectivity index (χ4n) is 1.34. The van der Waals surface area contributed by atoms with Crippen LogP contribution >= 0.6 is 0 Å². The summed E-state index contributed by atoms with van der Waals surface area (Å²) in [4.78, 5) is 0. The molecule has 1 aromatic heterocycles. The second-order valence-electron chi connectivity index (χ2n) is 3.11. The lowest BCUT2D eigenvalue weighted by atomic mass is 10.1. The quantitative estimate of drug-likeness (QED) is 0.310. The van der Waals surface area contributed by atoms with Crippen LogP contribution < -0.4 is 5.48 Å². The van der Waals surface area contributed by atoms with Gasteiger partial charge in [-0.3, -0.25) is 10.7 Å². The molecular formula is C9H8FN3O3. The Morgan fingerprint density at radius 1 is 1.56 bits per heavy atom. The van der Waals surface area contributed by atoms with E-state index in [1.54, 1.807) is 5.48 Å². The average Bonchev–Trinajstić information content (AvgIpc) is 2.68. The van der Waals surface area contributed by atoms with Crippen LogP contribution in [0.25, 0.3) is 11.0 Å². The smallest absolute Gasteiger partial charge is 0.171 e. The molecule has 0 saturated heterocycles. The van der Waals surface area contributed by atoms with Crippen LogP contribution in [-0.2, 0) is 6.42 Å². The molecule has 16 heavy (non-hydrogen) atoms. The third kappa shape index (κ3) is 1.80. The molecule has 1 aromatic carbocycles. The number of hydrogen-bond donors (Lipinski definition) is 3. The lowest BCUT2D eigenvalue weighted by molar-refractivity contribution is 0.220. The van der Waals surface area contributed by atoms with Gasteiger partial charge in [-0.05, 0) is 18.2 Å². The minimum absolute atomic E-state index is 0.00343. The van der Waals surface area contributed by atoms with Gasteiger partial charge in [0.1, 0.15) is 5.82 Å². The number of hydrogen-bond acceptors (Lipinski definition) is 5. The number of fused-ring (bicyclic) bond motifs is 1. The van der Waals surface area contributed by atoms with Crippen LogP contribution in [0.2, 0.25) is 0 Å². The summed E-state index contributed by atoms with van der Waals surface area (Å²) in [6.45, 7) is 0. The molecule has 0 aliphatic carbocycles. The van der Waals surface area contributed by atoms with Crippen molar-refractivity contribution in [3.63, 3.8) is 0 Å². The van der Waals surface area contributed by atoms with Gasteiger partial charge in [0.15, 0.2) is 11.4 Å². The molecule has 6 nitrogen and oxygen atoms in total. The maximum absolute atomic E-state index is 13.0. The molecule has 3 N–H and O–H groups in total. The Hall–Kier alpha value is -2.15. The summed E-state index contributed by atoms with van der Waals surface area (Å²) in [5.41, 5.74) is 2.48. The average molecular weight is 225 g/mol. The van der Waals surface area contributed by atoms with Crippen LogP contribution in [0, 0.1) is 5.82 Å². The van der Waals surface area contributed by atoms with Crippen LogP contribution in [0.4, 0.5) is 4.39 Å². The maximum Gasteiger partial charge on any atom is 0.171 e. The number of oxime groups is 1. The van der Waals surface area contributed by atoms with Crippen molar-refractivity contribution in [2.24, 2.45) is 5.16 Å². The second-order valence-corrected chi connectivity index (χ2v) is 3.11. The van der Waals surface area contributed by atoms with Gasteiger partial charge in [0.25, 0.3) is 0 Å². The highest BCUT2D eigenvalue weighted by Crippen LogP contribution is 2.19. The molecule has 0 saturated carbocycles. The first-order valence-corrected chi connectivity index (χ1v) is 4.39. The monoisotopic (exact) mass is 225 g/mol. The fourth-order valence-corrected chi connectivity index (χ4v) is 1.34. The Bertz CT molecular complexity index is 538. The van der Waals surface area contributed by atoms with E-state index < -0.39 is 5.82 Å². The summed E-state index contributed by atoms with van der Waals surface area (Å²) >= 11 is 0. The summed E-state index contributed by atoms with van der Waals surface area (Å²) < 4.78 is 17.9. The van der Waals surface area contributed by atoms with E-state index in [2.05, 4.69) is 10.3 Å². The van der Waals surface area contributed by atoms with E-state index in [4.69, 9.17) is 14.9 Å². The van der Waals surface area contributed by atoms with Gasteiger partial charge in [-0.1, -0.05) is 10.3 Å². The van der Waals surface area contributed by atoms with Gasteiger partial charge in [0.05, 0.1) is 12.1 Å². The van der Waals surface area contributed by atoms with Crippen LogP contribution in [0.15, 0.2) is 27.9 Å². The number of nitrogens with one attached hydrogen (secondary N) is 1. The van der Waals surface area contributed by atoms with Gasteiger partial charge in [-0.15, -0.1) is 0 Å². The zero-order valence-electron chi connectivity index (χ0n) is 8.01. The molecule has 0 amide bonds. The van der Waals surface area contributed by atoms with Crippen LogP contribution in [0.1, 0.15) is 5.69 Å². The van der Waals surface area contributed by atoms with Crippen molar-refractivity contribution < 1.29 is 19.3 Å². The van der Waals surface area contributed by atoms with E-state index >= 15 is 0 Å². The number of nitrogens with zero attached hydrogens (tertiary/aromatic N) is 2. The van der Waals surface area contributed by atoms with Crippen molar-refractivity contribution in [1.29, 1.82) is 0 Å². The van der Waals surface area contributed by atoms with E-state index in [0.29, 0.717) is 16.7 Å². The lowest BCUT2D eigenvalue weighted by Gasteiger charge is -1.98. The summed E-state index contributed by atoms with van der Waals surface area (Å²) in [7, 11) is 0. The normalized spacial score (nSPS) is 12.0. The van der Waals surface area contributed by atoms with Crippen molar-refractivity contribution in [2.75, 3.05) is 0 Å². The van der Waals surface area contributed by atoms with E-state index in [1.807, 2.05) is 0 Å². The highest BCUT2D eigenvalue weighted by molar-refractivity contribution is 5.88. The van der Waals surface area contributed by atoms with Gasteiger partial charge < -0.3 is 9.73 Å². The highest BCUT2D eigenvalue weighted by Gasteiger charge is 2.11. The molecule has 0 unspecified atom stereocenters. The topological polar surface area (TPSA) is 90.9 Å². The zero-order chi connectivity index (χ0) is 11.5. The molecule has 0 radical (unpaired) electrons. The van der Waals surface area contributed by atoms with Gasteiger partial charge in [0.2, 0.25) is 0 Å². The molecule has 7 heteroatoms. The second kappa shape index (κ2) is 4.15. The minimum atomic E-state index is -0.420. The summed E-state index contributed by atoms with van der Waals surface area (Å²) in [5.74, 6) is -0.532. The third-order valence-electron chi connectivity index (χ3n) is 2.09. The number of rotatable bonds is 2. The summed E-state index contributed by atoms with van der Waals surface area (Å²) in [5, 5.41) is 24.0. The predicted molar refractivity (Wildman–Crippen MR) is 51.8 cm³/mol. The molecule has 2 aromatic rings. The maximum atomic E-state index is 13.0. The summed E-state index contributed by atoms with van der Waals surface area (Å²) in [6, 6.07) is 3.96. The molecule has 0 fully saturated rings. The van der Waals surface area contributed by atoms with Gasteiger partial charge in [-0.2, -0.15) is 0 Å². The van der Waals surface area contributed by atoms with Crippen LogP contribution in [-0.4, -0.2) is 21.4 Å². The number of halogens is 1. The van der Waals surface area contributed by atoms with Crippen molar-refractivity contribution >= 4 is 16.8 Å². The molecule has 2 rings (SSSR count). The Morgan fingerprint density at radius 3 is 3.06 bits per heavy atom. The first-order valence-electron chi connectivity index (χ1n) is 4.39. The largest absolute Gasteiger partial charge is 0.409 e. The molecular weight excluding hydrogens is 217 g/mol. The SMILES string of the molecule is O/N=C(/Cc1noc2ccc(F)cc12)NO. The third-order valence-corrected chi connectivity index (χ3v) is 2.09. The van der Waals surface area contributed by atoms with Crippen molar-refractivity contribution in [3.05, 3.63) is 29.7 Å². The Labute approximate surface area is 88.9 Å². The molecule has 0 atom stereocenters. The Kier molecular flexibility index (Phi) is 2.69. The molecule has 0 aliphatic heterocycles. The van der Waals surface area contributed by atoms with E-state index in [0.717, 1.165) is 0 Å². The molecule has 84 valence electrons. The highest BCUT2D eigenvalue weighted by atomic mass is 19.1. The van der Waals surface area contributed by atoms with Crippen molar-refractivity contribution in [3.8, 4) is 0 Å². The molecule has 0 spiro atoms. The van der Waals surface area contributed by atoms with E-state index in [1.165, 1.54) is 18.2 Å². The molecule has 0 bridgehead atoms. The Balaban J connectivity index is 2.41. The fraction of sp³-hybridized carbons (Fsp3) is 0.111. The van der Waals surface area contributed by atoms with Crippen LogP contribution in [0.3, 0.4) is 0 Å². The first-order chi connectivity index (χ1) is 7.74. The van der Waals surface area contributed by atoms with Gasteiger partial charge in [0, 0.05) is 5.39 Å².